The van der Waals surface area contributed by atoms with E-state index in [2.05, 4.69) is 15.2 Å². The van der Waals surface area contributed by atoms with Gasteiger partial charge in [0, 0.05) is 23.9 Å². The van der Waals surface area contributed by atoms with Crippen LogP contribution in [0.25, 0.3) is 11.1 Å². The number of aryl methyl sites for hydroxylation is 1. The van der Waals surface area contributed by atoms with Crippen molar-refractivity contribution in [1.29, 1.82) is 0 Å². The number of amidine groups is 1. The number of carboxylic acids is 1. The van der Waals surface area contributed by atoms with E-state index in [0.29, 0.717) is 23.4 Å². The number of rotatable bonds is 5. The minimum Gasteiger partial charge on any atom is -0.495 e. The Kier molecular flexibility index (Phi) is 4.08. The van der Waals surface area contributed by atoms with Crippen LogP contribution in [0.1, 0.15) is 30.4 Å². The topological polar surface area (TPSA) is 126 Å². The van der Waals surface area contributed by atoms with E-state index in [0.717, 1.165) is 54.0 Å². The van der Waals surface area contributed by atoms with Crippen molar-refractivity contribution in [2.45, 2.75) is 32.2 Å². The number of carbonyl (C=O) groups is 1. The lowest BCUT2D eigenvalue weighted by atomic mass is 10.0. The molecule has 32 heavy (non-hydrogen) atoms. The molecule has 0 spiro atoms. The Morgan fingerprint density at radius 1 is 1.38 bits per heavy atom. The molecule has 1 aromatic heterocycles. The lowest BCUT2D eigenvalue weighted by Crippen LogP contribution is -2.40. The molecule has 6 rings (SSSR count). The number of aliphatic carboxylic acids is 1. The summed E-state index contributed by atoms with van der Waals surface area (Å²) in [5, 5.41) is 12.9. The molecule has 1 atom stereocenters. The maximum Gasteiger partial charge on any atom is 0.326 e. The highest BCUT2D eigenvalue weighted by Crippen LogP contribution is 2.40. The van der Waals surface area contributed by atoms with E-state index >= 15 is 0 Å². The number of anilines is 1. The summed E-state index contributed by atoms with van der Waals surface area (Å²) in [5.74, 6) is 0.132. The molecule has 1 saturated carbocycles. The number of aromatic nitrogens is 1. The van der Waals surface area contributed by atoms with Crippen LogP contribution in [0.4, 0.5) is 6.01 Å². The van der Waals surface area contributed by atoms with Crippen molar-refractivity contribution in [2.75, 3.05) is 18.9 Å². The van der Waals surface area contributed by atoms with E-state index in [4.69, 9.17) is 19.9 Å². The minimum atomic E-state index is -0.841. The van der Waals surface area contributed by atoms with Gasteiger partial charge < -0.3 is 30.2 Å². The summed E-state index contributed by atoms with van der Waals surface area (Å²) >= 11 is 0. The number of nitrogens with two attached hydrogens (primary N) is 1. The highest BCUT2D eigenvalue weighted by atomic mass is 16.5. The number of hydrogen-bond donors (Lipinski definition) is 3. The van der Waals surface area contributed by atoms with E-state index in [1.807, 2.05) is 25.3 Å². The van der Waals surface area contributed by atoms with Crippen LogP contribution >= 0.6 is 0 Å². The number of nitrogens with zero attached hydrogens (tertiary/aromatic N) is 3. The first-order valence-electron chi connectivity index (χ1n) is 10.8. The highest BCUT2D eigenvalue weighted by Gasteiger charge is 2.40. The zero-order valence-corrected chi connectivity index (χ0v) is 17.6. The average Bonchev–Trinajstić information content (AvgIpc) is 3.43. The Labute approximate surface area is 183 Å². The van der Waals surface area contributed by atoms with Gasteiger partial charge in [-0.2, -0.15) is 4.98 Å². The Bertz CT molecular complexity index is 1280. The predicted molar refractivity (Wildman–Crippen MR) is 117 cm³/mol. The maximum absolute atomic E-state index is 11.8. The number of aliphatic imine (C=N–C) groups is 1. The number of fused-ring (bicyclic) bond motifs is 1. The number of benzene rings is 1. The first kappa shape index (κ1) is 19.0. The van der Waals surface area contributed by atoms with Gasteiger partial charge in [0.1, 0.15) is 30.3 Å². The van der Waals surface area contributed by atoms with Gasteiger partial charge in [-0.3, -0.25) is 0 Å². The molecule has 0 radical (unpaired) electrons. The summed E-state index contributed by atoms with van der Waals surface area (Å²) in [4.78, 5) is 23.1. The molecule has 164 valence electrons. The fraction of sp³-hybridized carbons (Fsp3) is 0.348. The van der Waals surface area contributed by atoms with E-state index in [1.165, 1.54) is 5.57 Å². The second kappa shape index (κ2) is 6.88. The number of hydrogen-bond acceptors (Lipinski definition) is 8. The van der Waals surface area contributed by atoms with Crippen LogP contribution in [0.5, 0.6) is 0 Å². The molecule has 1 unspecified atom stereocenters. The molecule has 1 aliphatic carbocycles. The largest absolute Gasteiger partial charge is 0.495 e. The number of nitrogen functional groups attached to an aromatic ring is 1. The molecule has 3 aliphatic heterocycles. The van der Waals surface area contributed by atoms with E-state index in [-0.39, 0.29) is 11.9 Å². The Hall–Kier alpha value is -3.75. The summed E-state index contributed by atoms with van der Waals surface area (Å²) in [6.07, 6.45) is 6.15. The summed E-state index contributed by atoms with van der Waals surface area (Å²) < 4.78 is 11.3. The van der Waals surface area contributed by atoms with Crippen molar-refractivity contribution in [3.05, 3.63) is 58.3 Å². The molecule has 0 saturated heterocycles. The SMILES string of the molecule is Cc1cc(C2=NC=C3C(NC(C(=O)O)C4CC4)=COCC4=C3N2CC4)cc2nc(N)oc12. The molecule has 0 amide bonds. The van der Waals surface area contributed by atoms with Crippen LogP contribution in [0.3, 0.4) is 0 Å². The monoisotopic (exact) mass is 433 g/mol. The lowest BCUT2D eigenvalue weighted by Gasteiger charge is -2.30. The molecule has 9 heteroatoms. The lowest BCUT2D eigenvalue weighted by molar-refractivity contribution is -0.139. The van der Waals surface area contributed by atoms with Crippen LogP contribution < -0.4 is 11.1 Å². The van der Waals surface area contributed by atoms with Gasteiger partial charge in [-0.15, -0.1) is 0 Å². The zero-order valence-electron chi connectivity index (χ0n) is 17.6. The van der Waals surface area contributed by atoms with Gasteiger partial charge in [0.05, 0.1) is 11.4 Å². The molecule has 1 fully saturated rings. The van der Waals surface area contributed by atoms with Crippen LogP contribution in [0, 0.1) is 12.8 Å². The minimum absolute atomic E-state index is 0.143. The van der Waals surface area contributed by atoms with Crippen LogP contribution in [0.15, 0.2) is 56.5 Å². The van der Waals surface area contributed by atoms with E-state index in [1.54, 1.807) is 6.26 Å². The summed E-state index contributed by atoms with van der Waals surface area (Å²) in [5.41, 5.74) is 12.8. The third-order valence-corrected chi connectivity index (χ3v) is 6.44. The second-order valence-corrected chi connectivity index (χ2v) is 8.68. The molecule has 4 aliphatic rings. The highest BCUT2D eigenvalue weighted by molar-refractivity contribution is 6.04. The first-order chi connectivity index (χ1) is 15.5. The van der Waals surface area contributed by atoms with Crippen molar-refractivity contribution >= 4 is 28.9 Å². The molecular weight excluding hydrogens is 410 g/mol. The number of ether oxygens (including phenoxy) is 1. The van der Waals surface area contributed by atoms with Gasteiger partial charge in [-0.1, -0.05) is 0 Å². The summed E-state index contributed by atoms with van der Waals surface area (Å²) in [6, 6.07) is 3.48. The molecule has 4 N–H and O–H groups in total. The molecule has 9 nitrogen and oxygen atoms in total. The van der Waals surface area contributed by atoms with Crippen molar-refractivity contribution in [2.24, 2.45) is 10.9 Å². The van der Waals surface area contributed by atoms with Gasteiger partial charge in [-0.05, 0) is 55.4 Å². The number of nitrogens with one attached hydrogen (secondary N) is 1. The van der Waals surface area contributed by atoms with E-state index in [9.17, 15) is 9.90 Å². The quantitative estimate of drug-likeness (QED) is 0.657. The fourth-order valence-electron chi connectivity index (χ4n) is 4.77. The van der Waals surface area contributed by atoms with Crippen molar-refractivity contribution < 1.29 is 19.1 Å². The van der Waals surface area contributed by atoms with Crippen molar-refractivity contribution in [1.82, 2.24) is 15.2 Å². The molecule has 2 aromatic rings. The van der Waals surface area contributed by atoms with Gasteiger partial charge >= 0.3 is 5.97 Å². The molecule has 4 heterocycles. The number of carboxylic acid groups (broad SMARTS) is 1. The zero-order chi connectivity index (χ0) is 22.0. The molecule has 1 aromatic carbocycles. The van der Waals surface area contributed by atoms with Crippen molar-refractivity contribution in [3.8, 4) is 0 Å². The third kappa shape index (κ3) is 2.96. The Balaban J connectivity index is 1.42. The number of oxazole rings is 1. The molecule has 0 bridgehead atoms. The smallest absolute Gasteiger partial charge is 0.326 e. The fourth-order valence-corrected chi connectivity index (χ4v) is 4.77. The Morgan fingerprint density at radius 3 is 3.00 bits per heavy atom. The van der Waals surface area contributed by atoms with Crippen LogP contribution in [-0.2, 0) is 9.53 Å². The van der Waals surface area contributed by atoms with Gasteiger partial charge in [0.25, 0.3) is 6.01 Å². The Morgan fingerprint density at radius 2 is 2.22 bits per heavy atom. The summed E-state index contributed by atoms with van der Waals surface area (Å²) in [7, 11) is 0. The molecular formula is C23H23N5O4. The standard InChI is InChI=1S/C23H23N5O4/c1-11-6-14(7-16-20(11)32-23(24)27-16)21-25-8-15-17(26-18(22(29)30)12-2-3-12)10-31-9-13-4-5-28(21)19(13)15/h6-8,10,12,18,26H,2-5,9H2,1H3,(H2,24,27)(H,29,30). The van der Waals surface area contributed by atoms with E-state index < -0.39 is 12.0 Å². The van der Waals surface area contributed by atoms with Crippen LogP contribution in [-0.4, -0.2) is 46.0 Å². The first-order valence-corrected chi connectivity index (χ1v) is 10.8. The average molecular weight is 433 g/mol. The van der Waals surface area contributed by atoms with Gasteiger partial charge in [0.2, 0.25) is 0 Å². The van der Waals surface area contributed by atoms with Gasteiger partial charge in [-0.25, -0.2) is 9.79 Å². The summed E-state index contributed by atoms with van der Waals surface area (Å²) in [6.45, 7) is 3.21. The maximum atomic E-state index is 11.8. The van der Waals surface area contributed by atoms with Gasteiger partial charge in [0.15, 0.2) is 5.58 Å². The predicted octanol–water partition coefficient (Wildman–Crippen LogP) is 2.65. The van der Waals surface area contributed by atoms with Crippen molar-refractivity contribution in [3.63, 3.8) is 0 Å². The van der Waals surface area contributed by atoms with Crippen LogP contribution in [0.2, 0.25) is 0 Å². The normalized spacial score (nSPS) is 20.8. The third-order valence-electron chi connectivity index (χ3n) is 6.44. The second-order valence-electron chi connectivity index (χ2n) is 8.68.